The first kappa shape index (κ1) is 18.2. The second-order valence-electron chi connectivity index (χ2n) is 5.52. The number of nitrogens with zero attached hydrogens (tertiary/aromatic N) is 2. The maximum absolute atomic E-state index is 6.13. The number of ether oxygens (including phenoxy) is 1. The third kappa shape index (κ3) is 7.14. The molecule has 0 radical (unpaired) electrons. The molecule has 0 atom stereocenters. The van der Waals surface area contributed by atoms with Crippen LogP contribution in [0.3, 0.4) is 0 Å². The third-order valence-corrected chi connectivity index (χ3v) is 3.59. The standard InChI is InChI=1S/C16H28ClN3O/c1-19(2)9-5-10-20(3)16-7-6-15(17)12-14(16)13-18-8-11-21-4/h6-7,12,18H,5,8-11,13H2,1-4H3. The average Bonchev–Trinajstić information content (AvgIpc) is 2.43. The number of benzene rings is 1. The summed E-state index contributed by atoms with van der Waals surface area (Å²) in [4.78, 5) is 4.51. The van der Waals surface area contributed by atoms with E-state index in [0.29, 0.717) is 6.61 Å². The van der Waals surface area contributed by atoms with Crippen LogP contribution in [0.15, 0.2) is 18.2 Å². The molecule has 0 amide bonds. The van der Waals surface area contributed by atoms with Crippen LogP contribution in [0.5, 0.6) is 0 Å². The van der Waals surface area contributed by atoms with Gasteiger partial charge in [-0.3, -0.25) is 0 Å². The van der Waals surface area contributed by atoms with Gasteiger partial charge in [-0.2, -0.15) is 0 Å². The van der Waals surface area contributed by atoms with Crippen molar-refractivity contribution in [3.63, 3.8) is 0 Å². The van der Waals surface area contributed by atoms with Crippen molar-refractivity contribution < 1.29 is 4.74 Å². The Morgan fingerprint density at radius 3 is 2.62 bits per heavy atom. The fourth-order valence-corrected chi connectivity index (χ4v) is 2.40. The molecule has 0 aliphatic rings. The second-order valence-corrected chi connectivity index (χ2v) is 5.96. The van der Waals surface area contributed by atoms with Crippen molar-refractivity contribution in [2.45, 2.75) is 13.0 Å². The van der Waals surface area contributed by atoms with Gasteiger partial charge >= 0.3 is 0 Å². The summed E-state index contributed by atoms with van der Waals surface area (Å²) in [6.45, 7) is 4.49. The molecule has 1 rings (SSSR count). The van der Waals surface area contributed by atoms with Gasteiger partial charge in [0.25, 0.3) is 0 Å². The minimum Gasteiger partial charge on any atom is -0.383 e. The molecule has 0 aromatic heterocycles. The molecule has 0 aliphatic carbocycles. The van der Waals surface area contributed by atoms with Crippen LogP contribution in [0, 0.1) is 0 Å². The lowest BCUT2D eigenvalue weighted by atomic mass is 10.1. The molecule has 0 bridgehead atoms. The predicted octanol–water partition coefficient (Wildman–Crippen LogP) is 2.46. The molecule has 120 valence electrons. The van der Waals surface area contributed by atoms with E-state index >= 15 is 0 Å². The number of halogens is 1. The van der Waals surface area contributed by atoms with Crippen LogP contribution in [0.4, 0.5) is 5.69 Å². The van der Waals surface area contributed by atoms with Gasteiger partial charge in [0.2, 0.25) is 0 Å². The number of rotatable bonds is 10. The lowest BCUT2D eigenvalue weighted by Gasteiger charge is -2.24. The summed E-state index contributed by atoms with van der Waals surface area (Å²) in [7, 11) is 8.06. The molecule has 1 N–H and O–H groups in total. The van der Waals surface area contributed by atoms with Gasteiger partial charge in [-0.25, -0.2) is 0 Å². The maximum atomic E-state index is 6.13. The van der Waals surface area contributed by atoms with E-state index in [1.807, 2.05) is 12.1 Å². The number of methoxy groups -OCH3 is 1. The van der Waals surface area contributed by atoms with Crippen molar-refractivity contribution in [1.29, 1.82) is 0 Å². The van der Waals surface area contributed by atoms with Crippen molar-refractivity contribution in [2.24, 2.45) is 0 Å². The summed E-state index contributed by atoms with van der Waals surface area (Å²) >= 11 is 6.13. The van der Waals surface area contributed by atoms with E-state index in [1.165, 1.54) is 11.3 Å². The molecular weight excluding hydrogens is 286 g/mol. The number of hydrogen-bond acceptors (Lipinski definition) is 4. The summed E-state index contributed by atoms with van der Waals surface area (Å²) in [5.41, 5.74) is 2.47. The Hall–Kier alpha value is -0.810. The Morgan fingerprint density at radius 1 is 1.19 bits per heavy atom. The van der Waals surface area contributed by atoms with Crippen LogP contribution in [-0.2, 0) is 11.3 Å². The minimum absolute atomic E-state index is 0.717. The molecule has 4 nitrogen and oxygen atoms in total. The zero-order chi connectivity index (χ0) is 15.7. The van der Waals surface area contributed by atoms with Gasteiger partial charge in [0.1, 0.15) is 0 Å². The number of nitrogens with one attached hydrogen (secondary N) is 1. The van der Waals surface area contributed by atoms with Crippen LogP contribution in [0.25, 0.3) is 0 Å². The topological polar surface area (TPSA) is 27.7 Å². The molecule has 1 aromatic rings. The lowest BCUT2D eigenvalue weighted by Crippen LogP contribution is -2.25. The van der Waals surface area contributed by atoms with E-state index in [9.17, 15) is 0 Å². The van der Waals surface area contributed by atoms with Crippen LogP contribution in [0.1, 0.15) is 12.0 Å². The largest absolute Gasteiger partial charge is 0.383 e. The van der Waals surface area contributed by atoms with Gasteiger partial charge in [0, 0.05) is 44.5 Å². The normalized spacial score (nSPS) is 11.1. The first-order valence-electron chi connectivity index (χ1n) is 7.38. The molecule has 0 spiro atoms. The van der Waals surface area contributed by atoms with Crippen molar-refractivity contribution in [3.05, 3.63) is 28.8 Å². The quantitative estimate of drug-likeness (QED) is 0.672. The number of anilines is 1. The smallest absolute Gasteiger partial charge is 0.0587 e. The van der Waals surface area contributed by atoms with Gasteiger partial charge in [-0.1, -0.05) is 11.6 Å². The summed E-state index contributed by atoms with van der Waals surface area (Å²) < 4.78 is 5.05. The first-order valence-corrected chi connectivity index (χ1v) is 7.76. The third-order valence-electron chi connectivity index (χ3n) is 3.35. The van der Waals surface area contributed by atoms with E-state index in [1.54, 1.807) is 7.11 Å². The molecule has 0 fully saturated rings. The molecule has 0 saturated carbocycles. The van der Waals surface area contributed by atoms with Gasteiger partial charge in [0.05, 0.1) is 6.61 Å². The molecule has 5 heteroatoms. The summed E-state index contributed by atoms with van der Waals surface area (Å²) in [6.07, 6.45) is 1.14. The van der Waals surface area contributed by atoms with Crippen LogP contribution < -0.4 is 10.2 Å². The fraction of sp³-hybridized carbons (Fsp3) is 0.625. The van der Waals surface area contributed by atoms with Crippen molar-refractivity contribution in [1.82, 2.24) is 10.2 Å². The maximum Gasteiger partial charge on any atom is 0.0587 e. The van der Waals surface area contributed by atoms with Crippen LogP contribution >= 0.6 is 11.6 Å². The van der Waals surface area contributed by atoms with Crippen molar-refractivity contribution in [3.8, 4) is 0 Å². The van der Waals surface area contributed by atoms with Crippen molar-refractivity contribution in [2.75, 3.05) is 59.4 Å². The molecule has 0 unspecified atom stereocenters. The highest BCUT2D eigenvalue weighted by molar-refractivity contribution is 6.30. The zero-order valence-electron chi connectivity index (χ0n) is 13.7. The highest BCUT2D eigenvalue weighted by Gasteiger charge is 2.08. The van der Waals surface area contributed by atoms with Crippen molar-refractivity contribution >= 4 is 17.3 Å². The average molecular weight is 314 g/mol. The van der Waals surface area contributed by atoms with Gasteiger partial charge < -0.3 is 19.9 Å². The lowest BCUT2D eigenvalue weighted by molar-refractivity contribution is 0.199. The van der Waals surface area contributed by atoms with Crippen LogP contribution in [0.2, 0.25) is 5.02 Å². The van der Waals surface area contributed by atoms with E-state index < -0.39 is 0 Å². The van der Waals surface area contributed by atoms with Gasteiger partial charge in [0.15, 0.2) is 0 Å². The van der Waals surface area contributed by atoms with E-state index in [2.05, 4.69) is 42.3 Å². The Morgan fingerprint density at radius 2 is 1.95 bits per heavy atom. The Labute approximate surface area is 134 Å². The second kappa shape index (κ2) is 10.0. The van der Waals surface area contributed by atoms with Crippen LogP contribution in [-0.4, -0.2) is 59.4 Å². The minimum atomic E-state index is 0.717. The SMILES string of the molecule is COCCNCc1cc(Cl)ccc1N(C)CCCN(C)C. The summed E-state index contributed by atoms with van der Waals surface area (Å²) in [5.74, 6) is 0. The predicted molar refractivity (Wildman–Crippen MR) is 91.5 cm³/mol. The van der Waals surface area contributed by atoms with Gasteiger partial charge in [-0.15, -0.1) is 0 Å². The summed E-state index contributed by atoms with van der Waals surface area (Å²) in [5, 5.41) is 4.16. The summed E-state index contributed by atoms with van der Waals surface area (Å²) in [6, 6.07) is 6.10. The van der Waals surface area contributed by atoms with E-state index in [4.69, 9.17) is 16.3 Å². The molecule has 0 saturated heterocycles. The Balaban J connectivity index is 2.62. The fourth-order valence-electron chi connectivity index (χ4n) is 2.21. The molecule has 0 aliphatic heterocycles. The van der Waals surface area contributed by atoms with E-state index in [-0.39, 0.29) is 0 Å². The Kier molecular flexibility index (Phi) is 8.69. The Bertz CT molecular complexity index is 413. The highest BCUT2D eigenvalue weighted by atomic mass is 35.5. The molecule has 0 heterocycles. The monoisotopic (exact) mass is 313 g/mol. The zero-order valence-corrected chi connectivity index (χ0v) is 14.4. The molecular formula is C16H28ClN3O. The highest BCUT2D eigenvalue weighted by Crippen LogP contribution is 2.23. The first-order chi connectivity index (χ1) is 10.0. The van der Waals surface area contributed by atoms with E-state index in [0.717, 1.165) is 37.6 Å². The van der Waals surface area contributed by atoms with Gasteiger partial charge in [-0.05, 0) is 50.8 Å². The molecule has 1 aromatic carbocycles. The molecule has 21 heavy (non-hydrogen) atoms. The number of hydrogen-bond donors (Lipinski definition) is 1.